The van der Waals surface area contributed by atoms with Gasteiger partial charge < -0.3 is 5.32 Å². The van der Waals surface area contributed by atoms with Gasteiger partial charge in [0.2, 0.25) is 0 Å². The first kappa shape index (κ1) is 11.1. The smallest absolute Gasteiger partial charge is 0.305 e. The van der Waals surface area contributed by atoms with Crippen molar-refractivity contribution in [2.75, 3.05) is 5.32 Å². The summed E-state index contributed by atoms with van der Waals surface area (Å²) in [6.45, 7) is 0. The number of rotatable bonds is 3. The van der Waals surface area contributed by atoms with E-state index in [1.807, 2.05) is 0 Å². The number of thiophene rings is 1. The molecule has 0 unspecified atom stereocenters. The van der Waals surface area contributed by atoms with Gasteiger partial charge in [0.1, 0.15) is 0 Å². The normalized spacial score (nSPS) is 9.88. The number of hydrogen-bond donors (Lipinski definition) is 1. The van der Waals surface area contributed by atoms with E-state index in [0.29, 0.717) is 5.82 Å². The molecule has 2 aromatic rings. The van der Waals surface area contributed by atoms with Gasteiger partial charge >= 0.3 is 5.00 Å². The maximum atomic E-state index is 11.7. The fraction of sp³-hybridized carbons (Fsp3) is 0. The molecule has 0 saturated carbocycles. The summed E-state index contributed by atoms with van der Waals surface area (Å²) in [6, 6.07) is 2.69. The van der Waals surface area contributed by atoms with E-state index in [1.54, 1.807) is 0 Å². The molecule has 0 aromatic carbocycles. The summed E-state index contributed by atoms with van der Waals surface area (Å²) >= 11 is 0.809. The molecular formula is C9H6N4O3S. The number of hydrogen-bond acceptors (Lipinski definition) is 6. The first-order valence-electron chi connectivity index (χ1n) is 4.48. The highest BCUT2D eigenvalue weighted by Gasteiger charge is 2.15. The minimum absolute atomic E-state index is 0.0747. The van der Waals surface area contributed by atoms with Crippen LogP contribution >= 0.6 is 11.3 Å². The van der Waals surface area contributed by atoms with Crippen LogP contribution in [0.2, 0.25) is 0 Å². The lowest BCUT2D eigenvalue weighted by atomic mass is 10.4. The van der Waals surface area contributed by atoms with Crippen molar-refractivity contribution in [1.82, 2.24) is 9.97 Å². The van der Waals surface area contributed by atoms with E-state index in [9.17, 15) is 14.9 Å². The predicted molar refractivity (Wildman–Crippen MR) is 61.0 cm³/mol. The van der Waals surface area contributed by atoms with E-state index in [0.717, 1.165) is 11.3 Å². The zero-order chi connectivity index (χ0) is 12.3. The van der Waals surface area contributed by atoms with Gasteiger partial charge in [-0.15, -0.1) is 0 Å². The Hall–Kier alpha value is -2.35. The highest BCUT2D eigenvalue weighted by Crippen LogP contribution is 2.24. The lowest BCUT2D eigenvalue weighted by molar-refractivity contribution is -0.380. The largest absolute Gasteiger partial charge is 0.324 e. The van der Waals surface area contributed by atoms with Crippen molar-refractivity contribution in [3.8, 4) is 0 Å². The van der Waals surface area contributed by atoms with Gasteiger partial charge in [-0.25, -0.2) is 4.98 Å². The number of anilines is 1. The second-order valence-electron chi connectivity index (χ2n) is 2.94. The van der Waals surface area contributed by atoms with E-state index in [1.165, 1.54) is 30.7 Å². The zero-order valence-corrected chi connectivity index (χ0v) is 9.18. The molecule has 0 aliphatic carbocycles. The topological polar surface area (TPSA) is 98.0 Å². The van der Waals surface area contributed by atoms with E-state index in [4.69, 9.17) is 0 Å². The first-order valence-corrected chi connectivity index (χ1v) is 5.30. The van der Waals surface area contributed by atoms with Crippen molar-refractivity contribution in [2.24, 2.45) is 0 Å². The number of amides is 1. The van der Waals surface area contributed by atoms with Gasteiger partial charge in [0.15, 0.2) is 5.82 Å². The average Bonchev–Trinajstić information content (AvgIpc) is 2.79. The molecule has 7 nitrogen and oxygen atoms in total. The summed E-state index contributed by atoms with van der Waals surface area (Å²) in [4.78, 5) is 29.5. The van der Waals surface area contributed by atoms with Crippen LogP contribution in [-0.2, 0) is 0 Å². The molecule has 1 N–H and O–H groups in total. The minimum atomic E-state index is -0.538. The molecule has 2 rings (SSSR count). The summed E-state index contributed by atoms with van der Waals surface area (Å²) in [5, 5.41) is 12.9. The molecule has 0 saturated heterocycles. The molecule has 0 spiro atoms. The summed E-state index contributed by atoms with van der Waals surface area (Å²) in [5.41, 5.74) is 0. The third-order valence-corrected chi connectivity index (χ3v) is 2.84. The van der Waals surface area contributed by atoms with Crippen LogP contribution in [-0.4, -0.2) is 20.8 Å². The molecule has 0 fully saturated rings. The molecule has 17 heavy (non-hydrogen) atoms. The number of nitrogens with zero attached hydrogens (tertiary/aromatic N) is 3. The molecule has 0 aliphatic rings. The van der Waals surface area contributed by atoms with Crippen LogP contribution in [0.5, 0.6) is 0 Å². The van der Waals surface area contributed by atoms with Gasteiger partial charge in [0.25, 0.3) is 5.91 Å². The lowest BCUT2D eigenvalue weighted by Crippen LogP contribution is -2.11. The Labute approximate surface area is 99.3 Å². The summed E-state index contributed by atoms with van der Waals surface area (Å²) in [6.07, 6.45) is 4.30. The highest BCUT2D eigenvalue weighted by atomic mass is 32.1. The Bertz CT molecular complexity index is 554. The number of carbonyl (C=O) groups excluding carboxylic acids is 1. The first-order chi connectivity index (χ1) is 8.16. The fourth-order valence-electron chi connectivity index (χ4n) is 1.09. The Morgan fingerprint density at radius 3 is 2.82 bits per heavy atom. The van der Waals surface area contributed by atoms with Gasteiger partial charge in [-0.1, -0.05) is 11.3 Å². The maximum Gasteiger partial charge on any atom is 0.324 e. The standard InChI is InChI=1S/C9H6N4O3S/c14-9(12-7-5-10-3-4-11-7)6-1-2-8(17-6)13(15)16/h1-5H,(H,11,12,14). The Balaban J connectivity index is 2.12. The van der Waals surface area contributed by atoms with Gasteiger partial charge in [-0.05, 0) is 6.07 Å². The Morgan fingerprint density at radius 2 is 2.24 bits per heavy atom. The molecular weight excluding hydrogens is 244 g/mol. The molecule has 2 heterocycles. The van der Waals surface area contributed by atoms with Crippen molar-refractivity contribution in [1.29, 1.82) is 0 Å². The lowest BCUT2D eigenvalue weighted by Gasteiger charge is -1.99. The molecule has 0 aliphatic heterocycles. The molecule has 1 amide bonds. The van der Waals surface area contributed by atoms with Crippen LogP contribution in [0.3, 0.4) is 0 Å². The van der Waals surface area contributed by atoms with Crippen LogP contribution in [0.25, 0.3) is 0 Å². The molecule has 0 bridgehead atoms. The molecule has 0 atom stereocenters. The summed E-state index contributed by atoms with van der Waals surface area (Å²) in [7, 11) is 0. The zero-order valence-electron chi connectivity index (χ0n) is 8.36. The second-order valence-corrected chi connectivity index (χ2v) is 4.00. The molecule has 0 radical (unpaired) electrons. The van der Waals surface area contributed by atoms with E-state index < -0.39 is 10.8 Å². The van der Waals surface area contributed by atoms with Crippen LogP contribution < -0.4 is 5.32 Å². The highest BCUT2D eigenvalue weighted by molar-refractivity contribution is 7.17. The number of aromatic nitrogens is 2. The SMILES string of the molecule is O=C(Nc1cnccn1)c1ccc([N+](=O)[O-])s1. The van der Waals surface area contributed by atoms with Crippen LogP contribution in [0.15, 0.2) is 30.7 Å². The van der Waals surface area contributed by atoms with Gasteiger partial charge in [-0.3, -0.25) is 19.9 Å². The van der Waals surface area contributed by atoms with Crippen LogP contribution in [0, 0.1) is 10.1 Å². The third kappa shape index (κ3) is 2.61. The van der Waals surface area contributed by atoms with Gasteiger partial charge in [0.05, 0.1) is 16.0 Å². The number of carbonyl (C=O) groups is 1. The van der Waals surface area contributed by atoms with Crippen molar-refractivity contribution in [3.63, 3.8) is 0 Å². The molecule has 2 aromatic heterocycles. The maximum absolute atomic E-state index is 11.7. The minimum Gasteiger partial charge on any atom is -0.305 e. The fourth-order valence-corrected chi connectivity index (χ4v) is 1.81. The van der Waals surface area contributed by atoms with E-state index in [2.05, 4.69) is 15.3 Å². The summed E-state index contributed by atoms with van der Waals surface area (Å²) in [5.74, 6) is -0.142. The monoisotopic (exact) mass is 250 g/mol. The predicted octanol–water partition coefficient (Wildman–Crippen LogP) is 1.70. The van der Waals surface area contributed by atoms with Crippen LogP contribution in [0.1, 0.15) is 9.67 Å². The van der Waals surface area contributed by atoms with Crippen molar-refractivity contribution >= 4 is 28.1 Å². The average molecular weight is 250 g/mol. The summed E-state index contributed by atoms with van der Waals surface area (Å²) < 4.78 is 0. The van der Waals surface area contributed by atoms with E-state index in [-0.39, 0.29) is 9.88 Å². The molecule has 86 valence electrons. The van der Waals surface area contributed by atoms with Crippen molar-refractivity contribution < 1.29 is 9.72 Å². The molecule has 8 heteroatoms. The second kappa shape index (κ2) is 4.66. The Kier molecular flexibility index (Phi) is 3.06. The number of nitrogens with one attached hydrogen (secondary N) is 1. The quantitative estimate of drug-likeness (QED) is 0.660. The third-order valence-electron chi connectivity index (χ3n) is 1.80. The van der Waals surface area contributed by atoms with Crippen LogP contribution in [0.4, 0.5) is 10.8 Å². The van der Waals surface area contributed by atoms with Crippen molar-refractivity contribution in [3.05, 3.63) is 45.7 Å². The van der Waals surface area contributed by atoms with Gasteiger partial charge in [-0.2, -0.15) is 0 Å². The Morgan fingerprint density at radius 1 is 1.41 bits per heavy atom. The van der Waals surface area contributed by atoms with E-state index >= 15 is 0 Å². The van der Waals surface area contributed by atoms with Crippen molar-refractivity contribution in [2.45, 2.75) is 0 Å². The number of nitro groups is 1. The van der Waals surface area contributed by atoms with Gasteiger partial charge in [0, 0.05) is 18.5 Å².